The second kappa shape index (κ2) is 13.6. The lowest BCUT2D eigenvalue weighted by Gasteiger charge is -2.26. The van der Waals surface area contributed by atoms with Gasteiger partial charge < -0.3 is 13.9 Å². The molecule has 57 heavy (non-hydrogen) atoms. The molecular formula is C53H35N3O. The SMILES string of the molecule is c1ccc(-c2cccc(N(c3ccc(-c4ccc5oc(-c6ccccc6)nc5c4)cc3)c3ccc4c(c3)c3c5ccccc5ccc3n4-c3ccccc3)c2)cc1. The lowest BCUT2D eigenvalue weighted by molar-refractivity contribution is 0.620. The Bertz CT molecular complexity index is 3220. The lowest BCUT2D eigenvalue weighted by atomic mass is 10.0. The zero-order valence-electron chi connectivity index (χ0n) is 31.0. The Morgan fingerprint density at radius 1 is 0.404 bits per heavy atom. The number of fused-ring (bicyclic) bond motifs is 6. The second-order valence-electron chi connectivity index (χ2n) is 14.4. The summed E-state index contributed by atoms with van der Waals surface area (Å²) in [5.74, 6) is 0.628. The van der Waals surface area contributed by atoms with Crippen LogP contribution in [0.3, 0.4) is 0 Å². The van der Waals surface area contributed by atoms with E-state index < -0.39 is 0 Å². The molecule has 11 aromatic rings. The monoisotopic (exact) mass is 729 g/mol. The minimum atomic E-state index is 0.628. The van der Waals surface area contributed by atoms with Gasteiger partial charge >= 0.3 is 0 Å². The van der Waals surface area contributed by atoms with E-state index >= 15 is 0 Å². The molecule has 0 spiro atoms. The largest absolute Gasteiger partial charge is 0.436 e. The zero-order valence-corrected chi connectivity index (χ0v) is 31.0. The number of anilines is 3. The molecule has 0 radical (unpaired) electrons. The lowest BCUT2D eigenvalue weighted by Crippen LogP contribution is -2.10. The van der Waals surface area contributed by atoms with Crippen LogP contribution in [0.1, 0.15) is 0 Å². The molecule has 11 rings (SSSR count). The van der Waals surface area contributed by atoms with Crippen LogP contribution in [-0.4, -0.2) is 9.55 Å². The van der Waals surface area contributed by atoms with Gasteiger partial charge in [0.2, 0.25) is 5.89 Å². The highest BCUT2D eigenvalue weighted by Gasteiger charge is 2.20. The van der Waals surface area contributed by atoms with E-state index in [1.807, 2.05) is 36.4 Å². The topological polar surface area (TPSA) is 34.2 Å². The number of aromatic nitrogens is 2. The first-order valence-electron chi connectivity index (χ1n) is 19.3. The van der Waals surface area contributed by atoms with Gasteiger partial charge in [0, 0.05) is 39.1 Å². The fourth-order valence-electron chi connectivity index (χ4n) is 8.29. The molecule has 0 fully saturated rings. The predicted molar refractivity (Wildman–Crippen MR) is 237 cm³/mol. The minimum Gasteiger partial charge on any atom is -0.436 e. The standard InChI is InChI=1S/C53H35N3O/c1-4-13-36(14-5-1)40-18-12-21-44(33-40)55(43-27-23-37(24-28-43)41-26-32-51-48(34-41)54-53(57-51)39-16-6-2-7-17-39)45-29-31-49-47(35-45)52-46-22-11-10-15-38(46)25-30-50(52)56(49)42-19-8-3-9-20-42/h1-35H. The van der Waals surface area contributed by atoms with E-state index in [1.54, 1.807) is 0 Å². The van der Waals surface area contributed by atoms with Crippen LogP contribution in [0.15, 0.2) is 217 Å². The molecule has 268 valence electrons. The van der Waals surface area contributed by atoms with E-state index in [4.69, 9.17) is 9.40 Å². The molecule has 0 unspecified atom stereocenters. The highest BCUT2D eigenvalue weighted by Crippen LogP contribution is 2.43. The van der Waals surface area contributed by atoms with E-state index in [0.717, 1.165) is 50.5 Å². The van der Waals surface area contributed by atoms with Crippen LogP contribution >= 0.6 is 0 Å². The highest BCUT2D eigenvalue weighted by molar-refractivity contribution is 6.22. The summed E-state index contributed by atoms with van der Waals surface area (Å²) < 4.78 is 8.52. The first kappa shape index (κ1) is 32.7. The van der Waals surface area contributed by atoms with Crippen molar-refractivity contribution in [3.63, 3.8) is 0 Å². The van der Waals surface area contributed by atoms with Crippen molar-refractivity contribution in [2.24, 2.45) is 0 Å². The fraction of sp³-hybridized carbons (Fsp3) is 0. The van der Waals surface area contributed by atoms with Crippen molar-refractivity contribution in [3.05, 3.63) is 212 Å². The highest BCUT2D eigenvalue weighted by atomic mass is 16.3. The van der Waals surface area contributed by atoms with Crippen LogP contribution in [0.25, 0.3) is 83.1 Å². The van der Waals surface area contributed by atoms with Crippen LogP contribution in [0, 0.1) is 0 Å². The second-order valence-corrected chi connectivity index (χ2v) is 14.4. The van der Waals surface area contributed by atoms with Gasteiger partial charge in [0.05, 0.1) is 11.0 Å². The zero-order chi connectivity index (χ0) is 37.7. The van der Waals surface area contributed by atoms with Crippen molar-refractivity contribution in [3.8, 4) is 39.4 Å². The summed E-state index contributed by atoms with van der Waals surface area (Å²) in [6.07, 6.45) is 0. The number of para-hydroxylation sites is 1. The summed E-state index contributed by atoms with van der Waals surface area (Å²) in [7, 11) is 0. The van der Waals surface area contributed by atoms with E-state index in [1.165, 1.54) is 43.7 Å². The molecule has 0 bridgehead atoms. The molecule has 0 amide bonds. The number of benzene rings is 9. The van der Waals surface area contributed by atoms with Crippen LogP contribution < -0.4 is 4.90 Å². The molecule has 0 saturated heterocycles. The van der Waals surface area contributed by atoms with Crippen LogP contribution in [-0.2, 0) is 0 Å². The van der Waals surface area contributed by atoms with Crippen molar-refractivity contribution < 1.29 is 4.42 Å². The molecule has 0 aliphatic rings. The van der Waals surface area contributed by atoms with Gasteiger partial charge in [-0.05, 0) is 118 Å². The maximum Gasteiger partial charge on any atom is 0.227 e. The Morgan fingerprint density at radius 3 is 1.82 bits per heavy atom. The number of rotatable bonds is 7. The van der Waals surface area contributed by atoms with Gasteiger partial charge in [-0.3, -0.25) is 0 Å². The van der Waals surface area contributed by atoms with Crippen LogP contribution in [0.5, 0.6) is 0 Å². The van der Waals surface area contributed by atoms with Gasteiger partial charge in [-0.25, -0.2) is 4.98 Å². The normalized spacial score (nSPS) is 11.5. The van der Waals surface area contributed by atoms with Crippen molar-refractivity contribution >= 4 is 60.7 Å². The van der Waals surface area contributed by atoms with Crippen LogP contribution in [0.4, 0.5) is 17.1 Å². The van der Waals surface area contributed by atoms with Gasteiger partial charge in [-0.2, -0.15) is 0 Å². The Morgan fingerprint density at radius 2 is 1.02 bits per heavy atom. The van der Waals surface area contributed by atoms with Gasteiger partial charge in [0.1, 0.15) is 5.52 Å². The van der Waals surface area contributed by atoms with Gasteiger partial charge in [0.25, 0.3) is 0 Å². The summed E-state index contributed by atoms with van der Waals surface area (Å²) in [6, 6.07) is 75.4. The smallest absolute Gasteiger partial charge is 0.227 e. The first-order chi connectivity index (χ1) is 28.2. The number of oxazole rings is 1. The fourth-order valence-corrected chi connectivity index (χ4v) is 8.29. The van der Waals surface area contributed by atoms with E-state index in [0.29, 0.717) is 5.89 Å². The molecule has 0 saturated carbocycles. The summed E-state index contributed by atoms with van der Waals surface area (Å²) in [4.78, 5) is 7.21. The molecular weight excluding hydrogens is 695 g/mol. The molecule has 2 heterocycles. The number of hydrogen-bond donors (Lipinski definition) is 0. The quantitative estimate of drug-likeness (QED) is 0.164. The van der Waals surface area contributed by atoms with Gasteiger partial charge in [-0.15, -0.1) is 0 Å². The molecule has 9 aromatic carbocycles. The number of nitrogens with zero attached hydrogens (tertiary/aromatic N) is 3. The number of hydrogen-bond acceptors (Lipinski definition) is 3. The maximum absolute atomic E-state index is 6.12. The van der Waals surface area contributed by atoms with Crippen molar-refractivity contribution in [2.45, 2.75) is 0 Å². The van der Waals surface area contributed by atoms with E-state index in [-0.39, 0.29) is 0 Å². The summed E-state index contributed by atoms with van der Waals surface area (Å²) in [5.41, 5.74) is 13.8. The van der Waals surface area contributed by atoms with E-state index in [9.17, 15) is 0 Å². The maximum atomic E-state index is 6.12. The van der Waals surface area contributed by atoms with Gasteiger partial charge in [-0.1, -0.05) is 127 Å². The Kier molecular flexibility index (Phi) is 7.78. The molecule has 0 aliphatic heterocycles. The Balaban J connectivity index is 1.07. The molecule has 2 aromatic heterocycles. The van der Waals surface area contributed by atoms with Crippen molar-refractivity contribution in [2.75, 3.05) is 4.90 Å². The summed E-state index contributed by atoms with van der Waals surface area (Å²) in [5, 5.41) is 4.93. The third-order valence-electron chi connectivity index (χ3n) is 11.0. The first-order valence-corrected chi connectivity index (χ1v) is 19.3. The average Bonchev–Trinajstić information content (AvgIpc) is 3.87. The van der Waals surface area contributed by atoms with Crippen LogP contribution in [0.2, 0.25) is 0 Å². The Labute approximate surface area is 330 Å². The molecule has 0 N–H and O–H groups in total. The van der Waals surface area contributed by atoms with Crippen molar-refractivity contribution in [1.29, 1.82) is 0 Å². The van der Waals surface area contributed by atoms with E-state index in [2.05, 4.69) is 185 Å². The van der Waals surface area contributed by atoms with Crippen molar-refractivity contribution in [1.82, 2.24) is 9.55 Å². The molecule has 4 nitrogen and oxygen atoms in total. The summed E-state index contributed by atoms with van der Waals surface area (Å²) in [6.45, 7) is 0. The molecule has 0 atom stereocenters. The third-order valence-corrected chi connectivity index (χ3v) is 11.0. The minimum absolute atomic E-state index is 0.628. The predicted octanol–water partition coefficient (Wildman–Crippen LogP) is 14.5. The third kappa shape index (κ3) is 5.74. The van der Waals surface area contributed by atoms with Gasteiger partial charge in [0.15, 0.2) is 5.58 Å². The molecule has 4 heteroatoms. The Hall–Kier alpha value is -7.69. The molecule has 0 aliphatic carbocycles. The average molecular weight is 730 g/mol. The summed E-state index contributed by atoms with van der Waals surface area (Å²) >= 11 is 0.